The van der Waals surface area contributed by atoms with E-state index in [0.29, 0.717) is 0 Å². The van der Waals surface area contributed by atoms with Gasteiger partial charge in [-0.3, -0.25) is 4.98 Å². The van der Waals surface area contributed by atoms with Crippen LogP contribution in [0.25, 0.3) is 11.1 Å². The van der Waals surface area contributed by atoms with E-state index in [4.69, 9.17) is 0 Å². The molecule has 0 aliphatic heterocycles. The van der Waals surface area contributed by atoms with Gasteiger partial charge in [0.15, 0.2) is 0 Å². The van der Waals surface area contributed by atoms with Crippen molar-refractivity contribution in [3.63, 3.8) is 0 Å². The Kier molecular flexibility index (Phi) is 3.37. The topological polar surface area (TPSA) is 12.9 Å². The molecular formula is C18H15N. The molecule has 3 rings (SSSR count). The zero-order chi connectivity index (χ0) is 12.9. The third-order valence-electron chi connectivity index (χ3n) is 3.17. The normalized spacial score (nSPS) is 10.3. The molecule has 0 saturated heterocycles. The van der Waals surface area contributed by atoms with E-state index in [1.165, 1.54) is 22.3 Å². The van der Waals surface area contributed by atoms with Crippen LogP contribution in [0.1, 0.15) is 11.1 Å². The van der Waals surface area contributed by atoms with Crippen molar-refractivity contribution in [2.75, 3.05) is 0 Å². The first-order chi connectivity index (χ1) is 9.42. The molecule has 0 amide bonds. The summed E-state index contributed by atoms with van der Waals surface area (Å²) in [6.45, 7) is 0. The van der Waals surface area contributed by atoms with E-state index in [1.54, 1.807) is 0 Å². The molecule has 0 fully saturated rings. The number of hydrogen-bond acceptors (Lipinski definition) is 1. The number of hydrogen-bond donors (Lipinski definition) is 0. The quantitative estimate of drug-likeness (QED) is 0.669. The van der Waals surface area contributed by atoms with Crippen molar-refractivity contribution in [3.8, 4) is 11.1 Å². The van der Waals surface area contributed by atoms with Crippen molar-refractivity contribution in [3.05, 3.63) is 90.3 Å². The number of nitrogens with zero attached hydrogens (tertiary/aromatic N) is 1. The van der Waals surface area contributed by atoms with Crippen molar-refractivity contribution in [1.82, 2.24) is 4.98 Å². The second kappa shape index (κ2) is 5.49. The predicted octanol–water partition coefficient (Wildman–Crippen LogP) is 4.34. The van der Waals surface area contributed by atoms with Crippen LogP contribution >= 0.6 is 0 Å². The van der Waals surface area contributed by atoms with Gasteiger partial charge in [0, 0.05) is 12.4 Å². The van der Waals surface area contributed by atoms with Gasteiger partial charge >= 0.3 is 0 Å². The van der Waals surface area contributed by atoms with E-state index in [9.17, 15) is 0 Å². The molecule has 1 aromatic heterocycles. The summed E-state index contributed by atoms with van der Waals surface area (Å²) in [6, 6.07) is 23.3. The van der Waals surface area contributed by atoms with E-state index >= 15 is 0 Å². The van der Waals surface area contributed by atoms with Crippen molar-refractivity contribution in [1.29, 1.82) is 0 Å². The van der Waals surface area contributed by atoms with Crippen LogP contribution in [-0.4, -0.2) is 4.98 Å². The van der Waals surface area contributed by atoms with Crippen LogP contribution in [0.5, 0.6) is 0 Å². The summed E-state index contributed by atoms with van der Waals surface area (Å²) in [7, 11) is 0. The highest BCUT2D eigenvalue weighted by Gasteiger charge is 2.00. The molecule has 0 N–H and O–H groups in total. The highest BCUT2D eigenvalue weighted by atomic mass is 14.6. The summed E-state index contributed by atoms with van der Waals surface area (Å²) < 4.78 is 0. The van der Waals surface area contributed by atoms with E-state index < -0.39 is 0 Å². The van der Waals surface area contributed by atoms with Crippen molar-refractivity contribution in [2.24, 2.45) is 0 Å². The second-order valence-corrected chi connectivity index (χ2v) is 4.60. The molecule has 0 saturated carbocycles. The van der Waals surface area contributed by atoms with Crippen LogP contribution in [0, 0.1) is 0 Å². The van der Waals surface area contributed by atoms with Crippen molar-refractivity contribution >= 4 is 0 Å². The predicted molar refractivity (Wildman–Crippen MR) is 78.9 cm³/mol. The SMILES string of the molecule is c1ccc(-c2cccc(Cc3cccnc3)c2)cc1. The molecule has 0 radical (unpaired) electrons. The summed E-state index contributed by atoms with van der Waals surface area (Å²) in [6.07, 6.45) is 4.66. The van der Waals surface area contributed by atoms with Crippen LogP contribution in [-0.2, 0) is 6.42 Å². The zero-order valence-corrected chi connectivity index (χ0v) is 10.7. The van der Waals surface area contributed by atoms with Gasteiger partial charge in [-0.2, -0.15) is 0 Å². The Morgan fingerprint density at radius 1 is 0.684 bits per heavy atom. The highest BCUT2D eigenvalue weighted by molar-refractivity contribution is 5.64. The van der Waals surface area contributed by atoms with Gasteiger partial charge in [0.25, 0.3) is 0 Å². The highest BCUT2D eigenvalue weighted by Crippen LogP contribution is 2.21. The molecular weight excluding hydrogens is 230 g/mol. The molecule has 92 valence electrons. The Labute approximate surface area is 113 Å². The van der Waals surface area contributed by atoms with Crippen LogP contribution < -0.4 is 0 Å². The Hall–Kier alpha value is -2.41. The zero-order valence-electron chi connectivity index (χ0n) is 10.7. The van der Waals surface area contributed by atoms with E-state index in [-0.39, 0.29) is 0 Å². The number of aromatic nitrogens is 1. The summed E-state index contributed by atoms with van der Waals surface area (Å²) in [5.41, 5.74) is 5.08. The molecule has 0 bridgehead atoms. The fourth-order valence-corrected chi connectivity index (χ4v) is 2.23. The van der Waals surface area contributed by atoms with Gasteiger partial charge in [-0.25, -0.2) is 0 Å². The van der Waals surface area contributed by atoms with Crippen LogP contribution in [0.15, 0.2) is 79.1 Å². The molecule has 0 aliphatic rings. The third kappa shape index (κ3) is 2.89. The standard InChI is InChI=1S/C18H15N/c1-2-8-17(9-3-1)18-10-4-6-15(13-18)12-16-7-5-11-19-14-16/h1-11,13-14H,12H2. The Bertz CT molecular complexity index is 645. The molecule has 2 aromatic carbocycles. The van der Waals surface area contributed by atoms with Crippen LogP contribution in [0.4, 0.5) is 0 Å². The minimum Gasteiger partial charge on any atom is -0.264 e. The molecule has 3 aromatic rings. The molecule has 0 unspecified atom stereocenters. The third-order valence-corrected chi connectivity index (χ3v) is 3.17. The monoisotopic (exact) mass is 245 g/mol. The van der Waals surface area contributed by atoms with Gasteiger partial charge in [0.2, 0.25) is 0 Å². The van der Waals surface area contributed by atoms with E-state index in [1.807, 2.05) is 24.5 Å². The maximum atomic E-state index is 4.16. The maximum Gasteiger partial charge on any atom is 0.0303 e. The number of benzene rings is 2. The van der Waals surface area contributed by atoms with Gasteiger partial charge in [-0.15, -0.1) is 0 Å². The van der Waals surface area contributed by atoms with Gasteiger partial charge in [-0.1, -0.05) is 60.7 Å². The first kappa shape index (κ1) is 11.7. The first-order valence-electron chi connectivity index (χ1n) is 6.45. The molecule has 0 spiro atoms. The van der Waals surface area contributed by atoms with Gasteiger partial charge in [0.05, 0.1) is 0 Å². The van der Waals surface area contributed by atoms with Crippen LogP contribution in [0.3, 0.4) is 0 Å². The molecule has 1 nitrogen and oxygen atoms in total. The van der Waals surface area contributed by atoms with Crippen molar-refractivity contribution < 1.29 is 0 Å². The van der Waals surface area contributed by atoms with E-state index in [2.05, 4.69) is 59.6 Å². The second-order valence-electron chi connectivity index (χ2n) is 4.60. The van der Waals surface area contributed by atoms with Crippen molar-refractivity contribution in [2.45, 2.75) is 6.42 Å². The average Bonchev–Trinajstić information content (AvgIpc) is 2.49. The molecule has 1 heteroatoms. The lowest BCUT2D eigenvalue weighted by Crippen LogP contribution is -1.89. The lowest BCUT2D eigenvalue weighted by Gasteiger charge is -2.05. The first-order valence-corrected chi connectivity index (χ1v) is 6.45. The van der Waals surface area contributed by atoms with Crippen LogP contribution in [0.2, 0.25) is 0 Å². The fourth-order valence-electron chi connectivity index (χ4n) is 2.23. The molecule has 0 aliphatic carbocycles. The molecule has 1 heterocycles. The smallest absolute Gasteiger partial charge is 0.0303 e. The summed E-state index contributed by atoms with van der Waals surface area (Å²) in [5, 5.41) is 0. The lowest BCUT2D eigenvalue weighted by atomic mass is 10.00. The Morgan fingerprint density at radius 2 is 1.47 bits per heavy atom. The summed E-state index contributed by atoms with van der Waals surface area (Å²) in [5.74, 6) is 0. The number of rotatable bonds is 3. The summed E-state index contributed by atoms with van der Waals surface area (Å²) >= 11 is 0. The Morgan fingerprint density at radius 3 is 2.26 bits per heavy atom. The maximum absolute atomic E-state index is 4.16. The number of pyridine rings is 1. The van der Waals surface area contributed by atoms with Gasteiger partial charge < -0.3 is 0 Å². The molecule has 19 heavy (non-hydrogen) atoms. The fraction of sp³-hybridized carbons (Fsp3) is 0.0556. The van der Waals surface area contributed by atoms with E-state index in [0.717, 1.165) is 6.42 Å². The van der Waals surface area contributed by atoms with Gasteiger partial charge in [0.1, 0.15) is 0 Å². The minimum atomic E-state index is 0.925. The molecule has 0 atom stereocenters. The minimum absolute atomic E-state index is 0.925. The largest absolute Gasteiger partial charge is 0.264 e. The average molecular weight is 245 g/mol. The summed E-state index contributed by atoms with van der Waals surface area (Å²) in [4.78, 5) is 4.16. The van der Waals surface area contributed by atoms with Gasteiger partial charge in [-0.05, 0) is 34.7 Å². The lowest BCUT2D eigenvalue weighted by molar-refractivity contribution is 1.15. The Balaban J connectivity index is 1.89.